The number of carboxylic acid groups (broad SMARTS) is 1. The monoisotopic (exact) mass is 281 g/mol. The molecule has 4 heteroatoms. The first-order valence-electron chi connectivity index (χ1n) is 6.69. The summed E-state index contributed by atoms with van der Waals surface area (Å²) in [5, 5.41) is 13.2. The normalized spacial score (nSPS) is 10.7. The van der Waals surface area contributed by atoms with Crippen molar-refractivity contribution in [2.24, 2.45) is 0 Å². The van der Waals surface area contributed by atoms with Crippen molar-refractivity contribution in [1.82, 2.24) is 0 Å². The minimum absolute atomic E-state index is 0.227. The zero-order valence-electron chi connectivity index (χ0n) is 11.6. The van der Waals surface area contributed by atoms with Crippen LogP contribution in [0.15, 0.2) is 52.9 Å². The Labute approximate surface area is 122 Å². The van der Waals surface area contributed by atoms with Crippen molar-refractivity contribution in [3.8, 4) is 0 Å². The minimum Gasteiger partial charge on any atom is -0.478 e. The summed E-state index contributed by atoms with van der Waals surface area (Å²) in [5.74, 6) is -0.537. The number of benzene rings is 2. The molecule has 21 heavy (non-hydrogen) atoms. The molecule has 2 aromatic carbocycles. The van der Waals surface area contributed by atoms with Gasteiger partial charge in [0.2, 0.25) is 0 Å². The standard InChI is InChI=1S/C17H15NO3/c1-11-6-8-12(9-7-11)18-10-15-16(17(19)20)13-4-2-3-5-14(13)21-15/h2-9,18H,10H2,1H3,(H,19,20). The Hall–Kier alpha value is -2.75. The second-order valence-corrected chi connectivity index (χ2v) is 4.92. The molecule has 0 aliphatic rings. The van der Waals surface area contributed by atoms with Crippen molar-refractivity contribution in [2.75, 3.05) is 5.32 Å². The van der Waals surface area contributed by atoms with E-state index in [1.165, 1.54) is 5.56 Å². The number of carbonyl (C=O) groups is 1. The van der Waals surface area contributed by atoms with Crippen LogP contribution in [0.3, 0.4) is 0 Å². The fourth-order valence-corrected chi connectivity index (χ4v) is 2.31. The largest absolute Gasteiger partial charge is 0.478 e. The molecule has 3 aromatic rings. The van der Waals surface area contributed by atoms with Gasteiger partial charge in [0.05, 0.1) is 6.54 Å². The lowest BCUT2D eigenvalue weighted by Gasteiger charge is -2.05. The maximum absolute atomic E-state index is 11.5. The van der Waals surface area contributed by atoms with E-state index in [2.05, 4.69) is 5.32 Å². The number of aromatic carboxylic acids is 1. The Kier molecular flexibility index (Phi) is 3.36. The van der Waals surface area contributed by atoms with Crippen LogP contribution in [-0.2, 0) is 6.54 Å². The lowest BCUT2D eigenvalue weighted by atomic mass is 10.1. The quantitative estimate of drug-likeness (QED) is 0.757. The summed E-state index contributed by atoms with van der Waals surface area (Å²) in [6.45, 7) is 2.35. The highest BCUT2D eigenvalue weighted by Crippen LogP contribution is 2.26. The van der Waals surface area contributed by atoms with Crippen molar-refractivity contribution < 1.29 is 14.3 Å². The predicted molar refractivity (Wildman–Crippen MR) is 81.7 cm³/mol. The van der Waals surface area contributed by atoms with E-state index in [9.17, 15) is 9.90 Å². The van der Waals surface area contributed by atoms with Crippen molar-refractivity contribution >= 4 is 22.6 Å². The van der Waals surface area contributed by atoms with Crippen LogP contribution < -0.4 is 5.32 Å². The van der Waals surface area contributed by atoms with E-state index in [0.717, 1.165) is 5.69 Å². The van der Waals surface area contributed by atoms with Crippen molar-refractivity contribution in [3.05, 3.63) is 65.4 Å². The van der Waals surface area contributed by atoms with E-state index in [4.69, 9.17) is 4.42 Å². The first-order valence-corrected chi connectivity index (χ1v) is 6.69. The van der Waals surface area contributed by atoms with Crippen LogP contribution in [0.25, 0.3) is 11.0 Å². The fourth-order valence-electron chi connectivity index (χ4n) is 2.31. The summed E-state index contributed by atoms with van der Waals surface area (Å²) in [5.41, 5.74) is 2.92. The van der Waals surface area contributed by atoms with Gasteiger partial charge < -0.3 is 14.8 Å². The predicted octanol–water partition coefficient (Wildman–Crippen LogP) is 4.05. The third-order valence-corrected chi connectivity index (χ3v) is 3.39. The maximum Gasteiger partial charge on any atom is 0.339 e. The van der Waals surface area contributed by atoms with E-state index >= 15 is 0 Å². The molecule has 0 radical (unpaired) electrons. The molecular formula is C17H15NO3. The Balaban J connectivity index is 1.91. The maximum atomic E-state index is 11.5. The van der Waals surface area contributed by atoms with E-state index in [1.54, 1.807) is 12.1 Å². The molecule has 0 unspecified atom stereocenters. The third-order valence-electron chi connectivity index (χ3n) is 3.39. The first kappa shape index (κ1) is 13.2. The van der Waals surface area contributed by atoms with Gasteiger partial charge in [-0.1, -0.05) is 35.9 Å². The van der Waals surface area contributed by atoms with Gasteiger partial charge >= 0.3 is 5.97 Å². The molecule has 0 bridgehead atoms. The summed E-state index contributed by atoms with van der Waals surface area (Å²) in [6.07, 6.45) is 0. The van der Waals surface area contributed by atoms with Crippen LogP contribution in [-0.4, -0.2) is 11.1 Å². The topological polar surface area (TPSA) is 62.5 Å². The Bertz CT molecular complexity index is 787. The molecular weight excluding hydrogens is 266 g/mol. The van der Waals surface area contributed by atoms with Crippen LogP contribution in [0, 0.1) is 6.92 Å². The number of aryl methyl sites for hydroxylation is 1. The SMILES string of the molecule is Cc1ccc(NCc2oc3ccccc3c2C(=O)O)cc1. The average molecular weight is 281 g/mol. The summed E-state index contributed by atoms with van der Waals surface area (Å²) >= 11 is 0. The highest BCUT2D eigenvalue weighted by molar-refractivity contribution is 6.03. The Morgan fingerprint density at radius 2 is 1.86 bits per heavy atom. The molecule has 3 rings (SSSR count). The van der Waals surface area contributed by atoms with Crippen molar-refractivity contribution in [1.29, 1.82) is 0 Å². The van der Waals surface area contributed by atoms with Gasteiger partial charge in [-0.2, -0.15) is 0 Å². The molecule has 0 spiro atoms. The molecule has 0 aliphatic carbocycles. The van der Waals surface area contributed by atoms with Gasteiger partial charge in [0, 0.05) is 11.1 Å². The van der Waals surface area contributed by atoms with Gasteiger partial charge in [-0.15, -0.1) is 0 Å². The van der Waals surface area contributed by atoms with Gasteiger partial charge in [-0.25, -0.2) is 4.79 Å². The lowest BCUT2D eigenvalue weighted by molar-refractivity contribution is 0.0696. The van der Waals surface area contributed by atoms with Gasteiger partial charge in [0.1, 0.15) is 16.9 Å². The van der Waals surface area contributed by atoms with E-state index in [-0.39, 0.29) is 5.56 Å². The molecule has 0 fully saturated rings. The van der Waals surface area contributed by atoms with Gasteiger partial charge in [0.15, 0.2) is 0 Å². The highest BCUT2D eigenvalue weighted by atomic mass is 16.4. The number of hydrogen-bond acceptors (Lipinski definition) is 3. The molecule has 1 heterocycles. The summed E-state index contributed by atoms with van der Waals surface area (Å²) < 4.78 is 5.66. The Morgan fingerprint density at radius 3 is 2.57 bits per heavy atom. The molecule has 0 atom stereocenters. The molecule has 2 N–H and O–H groups in total. The molecule has 0 aliphatic heterocycles. The van der Waals surface area contributed by atoms with Crippen LogP contribution in [0.4, 0.5) is 5.69 Å². The minimum atomic E-state index is -0.972. The van der Waals surface area contributed by atoms with E-state index in [0.29, 0.717) is 23.3 Å². The Morgan fingerprint density at radius 1 is 1.14 bits per heavy atom. The fraction of sp³-hybridized carbons (Fsp3) is 0.118. The van der Waals surface area contributed by atoms with E-state index in [1.807, 2.05) is 43.3 Å². The van der Waals surface area contributed by atoms with Crippen molar-refractivity contribution in [3.63, 3.8) is 0 Å². The zero-order chi connectivity index (χ0) is 14.8. The molecule has 1 aromatic heterocycles. The summed E-state index contributed by atoms with van der Waals surface area (Å²) in [4.78, 5) is 11.5. The number of rotatable bonds is 4. The number of furan rings is 1. The molecule has 0 amide bonds. The second-order valence-electron chi connectivity index (χ2n) is 4.92. The van der Waals surface area contributed by atoms with Gasteiger partial charge in [0.25, 0.3) is 0 Å². The average Bonchev–Trinajstić information content (AvgIpc) is 2.85. The number of carboxylic acids is 1. The molecule has 0 saturated heterocycles. The summed E-state index contributed by atoms with van der Waals surface area (Å²) in [6, 6.07) is 15.1. The smallest absolute Gasteiger partial charge is 0.339 e. The molecule has 4 nitrogen and oxygen atoms in total. The van der Waals surface area contributed by atoms with Crippen LogP contribution in [0.5, 0.6) is 0 Å². The molecule has 0 saturated carbocycles. The number of fused-ring (bicyclic) bond motifs is 1. The number of nitrogens with one attached hydrogen (secondary N) is 1. The van der Waals surface area contributed by atoms with Crippen LogP contribution in [0.2, 0.25) is 0 Å². The zero-order valence-corrected chi connectivity index (χ0v) is 11.6. The van der Waals surface area contributed by atoms with Crippen molar-refractivity contribution in [2.45, 2.75) is 13.5 Å². The van der Waals surface area contributed by atoms with E-state index < -0.39 is 5.97 Å². The highest BCUT2D eigenvalue weighted by Gasteiger charge is 2.19. The number of hydrogen-bond donors (Lipinski definition) is 2. The molecule has 106 valence electrons. The lowest BCUT2D eigenvalue weighted by Crippen LogP contribution is -2.05. The van der Waals surface area contributed by atoms with Gasteiger partial charge in [-0.05, 0) is 25.1 Å². The van der Waals surface area contributed by atoms with Crippen LogP contribution >= 0.6 is 0 Å². The van der Waals surface area contributed by atoms with Gasteiger partial charge in [-0.3, -0.25) is 0 Å². The first-order chi connectivity index (χ1) is 10.1. The summed E-state index contributed by atoms with van der Waals surface area (Å²) in [7, 11) is 0. The van der Waals surface area contributed by atoms with Crippen LogP contribution in [0.1, 0.15) is 21.7 Å². The second kappa shape index (κ2) is 5.32. The number of anilines is 1. The number of para-hydroxylation sites is 1. The third kappa shape index (κ3) is 2.60.